The molecule has 0 heterocycles. The van der Waals surface area contributed by atoms with Gasteiger partial charge in [-0.3, -0.25) is 0 Å². The molecule has 0 radical (unpaired) electrons. The standard InChI is InChI=1S/C8H8ClIO/c1-5-2-6(4-11)7(9)3-8(5)10/h2-3,11H,4H2,1H3. The lowest BCUT2D eigenvalue weighted by Gasteiger charge is -2.03. The molecule has 1 aromatic carbocycles. The van der Waals surface area contributed by atoms with Crippen LogP contribution >= 0.6 is 34.2 Å². The minimum Gasteiger partial charge on any atom is -0.392 e. The maximum absolute atomic E-state index is 8.85. The molecule has 1 aromatic rings. The molecule has 60 valence electrons. The van der Waals surface area contributed by atoms with Crippen molar-refractivity contribution in [3.8, 4) is 0 Å². The number of hydrogen-bond acceptors (Lipinski definition) is 1. The number of rotatable bonds is 1. The van der Waals surface area contributed by atoms with Gasteiger partial charge >= 0.3 is 0 Å². The van der Waals surface area contributed by atoms with E-state index in [9.17, 15) is 0 Å². The molecule has 0 spiro atoms. The third kappa shape index (κ3) is 2.07. The van der Waals surface area contributed by atoms with Crippen molar-refractivity contribution in [2.45, 2.75) is 13.5 Å². The van der Waals surface area contributed by atoms with Crippen LogP contribution in [0.15, 0.2) is 12.1 Å². The van der Waals surface area contributed by atoms with E-state index in [1.54, 1.807) is 0 Å². The molecule has 3 heteroatoms. The van der Waals surface area contributed by atoms with Crippen molar-refractivity contribution in [2.24, 2.45) is 0 Å². The predicted molar refractivity (Wildman–Crippen MR) is 54.8 cm³/mol. The van der Waals surface area contributed by atoms with Crippen LogP contribution in [0.25, 0.3) is 0 Å². The molecule has 0 saturated heterocycles. The van der Waals surface area contributed by atoms with Crippen LogP contribution in [0, 0.1) is 10.5 Å². The van der Waals surface area contributed by atoms with Gasteiger partial charge in [0.25, 0.3) is 0 Å². The molecule has 0 saturated carbocycles. The van der Waals surface area contributed by atoms with E-state index in [0.717, 1.165) is 14.7 Å². The van der Waals surface area contributed by atoms with E-state index in [1.165, 1.54) is 0 Å². The monoisotopic (exact) mass is 282 g/mol. The summed E-state index contributed by atoms with van der Waals surface area (Å²) in [6.45, 7) is 2.01. The summed E-state index contributed by atoms with van der Waals surface area (Å²) in [5.41, 5.74) is 1.95. The Hall–Kier alpha value is 0.200. The Bertz CT molecular complexity index is 273. The van der Waals surface area contributed by atoms with E-state index in [-0.39, 0.29) is 6.61 Å². The SMILES string of the molecule is Cc1cc(CO)c(Cl)cc1I. The maximum Gasteiger partial charge on any atom is 0.0696 e. The molecule has 1 rings (SSSR count). The molecule has 0 aliphatic rings. The zero-order valence-electron chi connectivity index (χ0n) is 6.06. The summed E-state index contributed by atoms with van der Waals surface area (Å²) in [5.74, 6) is 0. The summed E-state index contributed by atoms with van der Waals surface area (Å²) < 4.78 is 1.13. The van der Waals surface area contributed by atoms with Gasteiger partial charge in [0.05, 0.1) is 6.61 Å². The highest BCUT2D eigenvalue weighted by Crippen LogP contribution is 2.22. The first-order valence-electron chi connectivity index (χ1n) is 3.20. The number of benzene rings is 1. The van der Waals surface area contributed by atoms with Crippen LogP contribution in [-0.2, 0) is 6.61 Å². The highest BCUT2D eigenvalue weighted by molar-refractivity contribution is 14.1. The summed E-state index contributed by atoms with van der Waals surface area (Å²) in [4.78, 5) is 0. The largest absolute Gasteiger partial charge is 0.392 e. The van der Waals surface area contributed by atoms with Crippen LogP contribution in [0.5, 0.6) is 0 Å². The number of hydrogen-bond donors (Lipinski definition) is 1. The second-order valence-corrected chi connectivity index (χ2v) is 3.92. The van der Waals surface area contributed by atoms with Gasteiger partial charge in [0.2, 0.25) is 0 Å². The van der Waals surface area contributed by atoms with Crippen molar-refractivity contribution in [1.29, 1.82) is 0 Å². The molecule has 0 fully saturated rings. The molecule has 0 atom stereocenters. The number of aliphatic hydroxyl groups excluding tert-OH is 1. The van der Waals surface area contributed by atoms with Crippen LogP contribution in [0.4, 0.5) is 0 Å². The van der Waals surface area contributed by atoms with Crippen molar-refractivity contribution in [1.82, 2.24) is 0 Å². The molecular formula is C8H8ClIO. The molecule has 0 unspecified atom stereocenters. The van der Waals surface area contributed by atoms with E-state index < -0.39 is 0 Å². The number of halogens is 2. The van der Waals surface area contributed by atoms with Gasteiger partial charge in [-0.05, 0) is 46.7 Å². The number of aryl methyl sites for hydroxylation is 1. The molecular weight excluding hydrogens is 274 g/mol. The first-order chi connectivity index (χ1) is 5.15. The third-order valence-electron chi connectivity index (χ3n) is 1.50. The van der Waals surface area contributed by atoms with E-state index in [2.05, 4.69) is 22.6 Å². The fraction of sp³-hybridized carbons (Fsp3) is 0.250. The lowest BCUT2D eigenvalue weighted by atomic mass is 10.1. The summed E-state index contributed by atoms with van der Waals surface area (Å²) in [5, 5.41) is 9.49. The Kier molecular flexibility index (Phi) is 3.16. The Morgan fingerprint density at radius 2 is 2.18 bits per heavy atom. The summed E-state index contributed by atoms with van der Waals surface area (Å²) in [6, 6.07) is 3.77. The van der Waals surface area contributed by atoms with Gasteiger partial charge in [-0.15, -0.1) is 0 Å². The zero-order valence-corrected chi connectivity index (χ0v) is 8.98. The minimum atomic E-state index is 0.0105. The molecule has 0 aromatic heterocycles. The molecule has 0 amide bonds. The smallest absolute Gasteiger partial charge is 0.0696 e. The van der Waals surface area contributed by atoms with Crippen LogP contribution in [0.3, 0.4) is 0 Å². The summed E-state index contributed by atoms with van der Waals surface area (Å²) in [7, 11) is 0. The average Bonchev–Trinajstić information content (AvgIpc) is 1.97. The molecule has 1 N–H and O–H groups in total. The average molecular weight is 283 g/mol. The Labute approximate surface area is 84.5 Å². The van der Waals surface area contributed by atoms with E-state index in [1.807, 2.05) is 19.1 Å². The second kappa shape index (κ2) is 3.74. The summed E-state index contributed by atoms with van der Waals surface area (Å²) in [6.07, 6.45) is 0. The highest BCUT2D eigenvalue weighted by atomic mass is 127. The van der Waals surface area contributed by atoms with Gasteiger partial charge in [0.1, 0.15) is 0 Å². The first-order valence-corrected chi connectivity index (χ1v) is 4.66. The molecule has 11 heavy (non-hydrogen) atoms. The fourth-order valence-electron chi connectivity index (χ4n) is 0.838. The molecule has 0 aliphatic heterocycles. The van der Waals surface area contributed by atoms with Gasteiger partial charge < -0.3 is 5.11 Å². The Morgan fingerprint density at radius 1 is 1.55 bits per heavy atom. The van der Waals surface area contributed by atoms with Crippen molar-refractivity contribution in [2.75, 3.05) is 0 Å². The lowest BCUT2D eigenvalue weighted by Crippen LogP contribution is -1.88. The van der Waals surface area contributed by atoms with Crippen molar-refractivity contribution < 1.29 is 5.11 Å². The predicted octanol–water partition coefficient (Wildman–Crippen LogP) is 2.75. The van der Waals surface area contributed by atoms with Gasteiger partial charge in [-0.1, -0.05) is 17.7 Å². The van der Waals surface area contributed by atoms with E-state index in [0.29, 0.717) is 5.02 Å². The van der Waals surface area contributed by atoms with Gasteiger partial charge in [0, 0.05) is 8.59 Å². The fourth-order valence-corrected chi connectivity index (χ4v) is 1.71. The lowest BCUT2D eigenvalue weighted by molar-refractivity contribution is 0.282. The second-order valence-electron chi connectivity index (χ2n) is 2.35. The third-order valence-corrected chi connectivity index (χ3v) is 3.01. The van der Waals surface area contributed by atoms with Crippen molar-refractivity contribution in [3.05, 3.63) is 31.9 Å². The van der Waals surface area contributed by atoms with Crippen molar-refractivity contribution >= 4 is 34.2 Å². The highest BCUT2D eigenvalue weighted by Gasteiger charge is 2.01. The van der Waals surface area contributed by atoms with Crippen LogP contribution in [-0.4, -0.2) is 5.11 Å². The summed E-state index contributed by atoms with van der Waals surface area (Å²) >= 11 is 8.05. The van der Waals surface area contributed by atoms with Gasteiger partial charge in [-0.2, -0.15) is 0 Å². The Balaban J connectivity index is 3.21. The molecule has 0 aliphatic carbocycles. The van der Waals surface area contributed by atoms with Gasteiger partial charge in [0.15, 0.2) is 0 Å². The van der Waals surface area contributed by atoms with Crippen LogP contribution in [0.1, 0.15) is 11.1 Å². The Morgan fingerprint density at radius 3 is 2.73 bits per heavy atom. The molecule has 0 bridgehead atoms. The molecule has 1 nitrogen and oxygen atoms in total. The topological polar surface area (TPSA) is 20.2 Å². The quantitative estimate of drug-likeness (QED) is 0.785. The van der Waals surface area contributed by atoms with Crippen LogP contribution in [0.2, 0.25) is 5.02 Å². The normalized spacial score (nSPS) is 10.2. The van der Waals surface area contributed by atoms with E-state index >= 15 is 0 Å². The zero-order chi connectivity index (χ0) is 8.43. The van der Waals surface area contributed by atoms with Crippen molar-refractivity contribution in [3.63, 3.8) is 0 Å². The number of aliphatic hydroxyl groups is 1. The minimum absolute atomic E-state index is 0.0105. The first kappa shape index (κ1) is 9.29. The maximum atomic E-state index is 8.85. The van der Waals surface area contributed by atoms with E-state index in [4.69, 9.17) is 16.7 Å². The van der Waals surface area contributed by atoms with Crippen LogP contribution < -0.4 is 0 Å². The van der Waals surface area contributed by atoms with Gasteiger partial charge in [-0.25, -0.2) is 0 Å².